The lowest BCUT2D eigenvalue weighted by Crippen LogP contribution is -2.27. The summed E-state index contributed by atoms with van der Waals surface area (Å²) in [7, 11) is 1.29. The van der Waals surface area contributed by atoms with Gasteiger partial charge in [0.2, 0.25) is 0 Å². The number of imidazole rings is 1. The van der Waals surface area contributed by atoms with E-state index in [0.717, 1.165) is 6.07 Å². The van der Waals surface area contributed by atoms with Gasteiger partial charge in [-0.3, -0.25) is 0 Å². The lowest BCUT2D eigenvalue weighted by Gasteiger charge is -2.28. The van der Waals surface area contributed by atoms with Crippen LogP contribution in [0.15, 0.2) is 28.7 Å². The van der Waals surface area contributed by atoms with E-state index in [9.17, 15) is 18.0 Å². The van der Waals surface area contributed by atoms with Gasteiger partial charge in [0.05, 0.1) is 47.4 Å². The zero-order valence-electron chi connectivity index (χ0n) is 17.1. The van der Waals surface area contributed by atoms with Crippen molar-refractivity contribution >= 4 is 32.9 Å². The Bertz CT molecular complexity index is 1190. The molecule has 1 aromatic heterocycles. The molecule has 9 heteroatoms. The van der Waals surface area contributed by atoms with E-state index in [1.165, 1.54) is 7.11 Å². The number of hydrogen-bond donors (Lipinski definition) is 0. The summed E-state index contributed by atoms with van der Waals surface area (Å²) in [6.45, 7) is 4.90. The lowest BCUT2D eigenvalue weighted by atomic mass is 9.87. The van der Waals surface area contributed by atoms with Crippen LogP contribution in [0.5, 0.6) is 0 Å². The molecule has 0 aliphatic carbocycles. The molecule has 2 aromatic carbocycles. The summed E-state index contributed by atoms with van der Waals surface area (Å²) in [4.78, 5) is 16.6. The van der Waals surface area contributed by atoms with Crippen molar-refractivity contribution in [3.63, 3.8) is 0 Å². The predicted octanol–water partition coefficient (Wildman–Crippen LogP) is 5.19. The number of nitrogens with zero attached hydrogens (tertiary/aromatic N) is 2. The smallest absolute Gasteiger partial charge is 0.337 e. The molecule has 1 fully saturated rings. The standard InChI is InChI=1S/C22H20BrF3N2O3/c1-22(2)10-31-9-17(22)28-16-6-11(21(29)30-3)4-5-15(16)27-18(28)7-12-14(24)8-13(23)20(26)19(12)25/h4-6,8,17H,7,9-10H2,1-3H3/t17-/m1/s1. The molecule has 0 bridgehead atoms. The first-order valence-corrected chi connectivity index (χ1v) is 10.4. The number of carbonyl (C=O) groups is 1. The summed E-state index contributed by atoms with van der Waals surface area (Å²) in [5.41, 5.74) is 0.767. The van der Waals surface area contributed by atoms with E-state index >= 15 is 0 Å². The van der Waals surface area contributed by atoms with Gasteiger partial charge < -0.3 is 14.0 Å². The second-order valence-corrected chi connectivity index (χ2v) is 9.09. The zero-order valence-corrected chi connectivity index (χ0v) is 18.7. The highest BCUT2D eigenvalue weighted by molar-refractivity contribution is 9.10. The molecule has 1 aliphatic rings. The number of fused-ring (bicyclic) bond motifs is 1. The molecule has 0 amide bonds. The van der Waals surface area contributed by atoms with Crippen LogP contribution in [0.4, 0.5) is 13.2 Å². The van der Waals surface area contributed by atoms with Gasteiger partial charge in [-0.25, -0.2) is 22.9 Å². The molecule has 0 radical (unpaired) electrons. The number of rotatable bonds is 4. The van der Waals surface area contributed by atoms with Gasteiger partial charge in [0.25, 0.3) is 0 Å². The van der Waals surface area contributed by atoms with Gasteiger partial charge in [-0.2, -0.15) is 0 Å². The summed E-state index contributed by atoms with van der Waals surface area (Å²) in [5, 5.41) is 0. The monoisotopic (exact) mass is 496 g/mol. The second-order valence-electron chi connectivity index (χ2n) is 8.24. The fraction of sp³-hybridized carbons (Fsp3) is 0.364. The summed E-state index contributed by atoms with van der Waals surface area (Å²) < 4.78 is 55.3. The topological polar surface area (TPSA) is 53.3 Å². The number of hydrogen-bond acceptors (Lipinski definition) is 4. The van der Waals surface area contributed by atoms with Gasteiger partial charge in [0.15, 0.2) is 11.6 Å². The van der Waals surface area contributed by atoms with E-state index in [2.05, 4.69) is 20.9 Å². The van der Waals surface area contributed by atoms with E-state index < -0.39 is 29.0 Å². The minimum absolute atomic E-state index is 0.202. The molecule has 5 nitrogen and oxygen atoms in total. The van der Waals surface area contributed by atoms with Crippen LogP contribution < -0.4 is 0 Å². The Kier molecular flexibility index (Phi) is 5.59. The average molecular weight is 497 g/mol. The molecule has 2 heterocycles. The van der Waals surface area contributed by atoms with Gasteiger partial charge in [0, 0.05) is 17.4 Å². The van der Waals surface area contributed by atoms with Crippen molar-refractivity contribution < 1.29 is 27.4 Å². The molecule has 31 heavy (non-hydrogen) atoms. The van der Waals surface area contributed by atoms with E-state index in [4.69, 9.17) is 9.47 Å². The Labute approximate surface area is 185 Å². The van der Waals surface area contributed by atoms with Crippen LogP contribution in [0.1, 0.15) is 41.6 Å². The first-order chi connectivity index (χ1) is 14.6. The molecule has 0 saturated carbocycles. The summed E-state index contributed by atoms with van der Waals surface area (Å²) in [5.74, 6) is -3.45. The molecular weight excluding hydrogens is 477 g/mol. The molecule has 1 atom stereocenters. The Hall–Kier alpha value is -2.39. The molecule has 0 spiro atoms. The van der Waals surface area contributed by atoms with Crippen LogP contribution in [0, 0.1) is 22.9 Å². The molecule has 164 valence electrons. The Morgan fingerprint density at radius 1 is 1.29 bits per heavy atom. The number of benzene rings is 2. The highest BCUT2D eigenvalue weighted by atomic mass is 79.9. The fourth-order valence-electron chi connectivity index (χ4n) is 3.96. The first-order valence-electron chi connectivity index (χ1n) is 9.63. The number of halogens is 4. The average Bonchev–Trinajstić information content (AvgIpc) is 3.26. The van der Waals surface area contributed by atoms with Crippen molar-refractivity contribution in [1.29, 1.82) is 0 Å². The SMILES string of the molecule is COC(=O)c1ccc2nc(Cc3c(F)cc(Br)c(F)c3F)n([C@@H]3COCC3(C)C)c2c1. The quantitative estimate of drug-likeness (QED) is 0.283. The molecule has 0 N–H and O–H groups in total. The third-order valence-corrected chi connectivity index (χ3v) is 6.27. The number of carbonyl (C=O) groups excluding carboxylic acids is 1. The van der Waals surface area contributed by atoms with Gasteiger partial charge in [-0.15, -0.1) is 0 Å². The van der Waals surface area contributed by atoms with Crippen molar-refractivity contribution in [2.45, 2.75) is 26.3 Å². The molecule has 4 rings (SSSR count). The van der Waals surface area contributed by atoms with Crippen LogP contribution in [-0.4, -0.2) is 35.8 Å². The van der Waals surface area contributed by atoms with Crippen molar-refractivity contribution in [2.75, 3.05) is 20.3 Å². The van der Waals surface area contributed by atoms with Gasteiger partial charge in [0.1, 0.15) is 11.6 Å². The van der Waals surface area contributed by atoms with Gasteiger partial charge in [-0.1, -0.05) is 13.8 Å². The molecule has 1 aliphatic heterocycles. The summed E-state index contributed by atoms with van der Waals surface area (Å²) in [6, 6.07) is 5.57. The first kappa shape index (κ1) is 21.8. The number of aromatic nitrogens is 2. The Morgan fingerprint density at radius 2 is 2.03 bits per heavy atom. The number of methoxy groups -OCH3 is 1. The maximum Gasteiger partial charge on any atom is 0.337 e. The third kappa shape index (κ3) is 3.74. The van der Waals surface area contributed by atoms with Crippen molar-refractivity contribution in [1.82, 2.24) is 9.55 Å². The Morgan fingerprint density at radius 3 is 2.68 bits per heavy atom. The summed E-state index contributed by atoms with van der Waals surface area (Å²) in [6.07, 6.45) is -0.267. The van der Waals surface area contributed by atoms with Crippen molar-refractivity contribution in [3.8, 4) is 0 Å². The zero-order chi connectivity index (χ0) is 22.5. The van der Waals surface area contributed by atoms with Crippen LogP contribution in [0.2, 0.25) is 0 Å². The highest BCUT2D eigenvalue weighted by Crippen LogP contribution is 2.40. The van der Waals surface area contributed by atoms with E-state index in [0.29, 0.717) is 35.6 Å². The second kappa shape index (κ2) is 7.94. The normalized spacial score (nSPS) is 18.0. The third-order valence-electron chi connectivity index (χ3n) is 5.69. The molecule has 1 saturated heterocycles. The van der Waals surface area contributed by atoms with E-state index in [-0.39, 0.29) is 22.4 Å². The number of esters is 1. The predicted molar refractivity (Wildman–Crippen MR) is 112 cm³/mol. The van der Waals surface area contributed by atoms with Crippen molar-refractivity contribution in [3.05, 3.63) is 63.1 Å². The maximum absolute atomic E-state index is 14.6. The lowest BCUT2D eigenvalue weighted by molar-refractivity contribution is 0.0601. The fourth-order valence-corrected chi connectivity index (χ4v) is 4.34. The van der Waals surface area contributed by atoms with Gasteiger partial charge >= 0.3 is 5.97 Å². The van der Waals surface area contributed by atoms with Crippen LogP contribution in [0.25, 0.3) is 11.0 Å². The largest absolute Gasteiger partial charge is 0.465 e. The molecule has 3 aromatic rings. The molecular formula is C22H20BrF3N2O3. The summed E-state index contributed by atoms with van der Waals surface area (Å²) >= 11 is 2.82. The maximum atomic E-state index is 14.6. The minimum atomic E-state index is -1.26. The minimum Gasteiger partial charge on any atom is -0.465 e. The van der Waals surface area contributed by atoms with Crippen LogP contribution >= 0.6 is 15.9 Å². The van der Waals surface area contributed by atoms with E-state index in [1.807, 2.05) is 18.4 Å². The van der Waals surface area contributed by atoms with Gasteiger partial charge in [-0.05, 0) is 40.2 Å². The molecule has 0 unspecified atom stereocenters. The number of ether oxygens (including phenoxy) is 2. The Balaban J connectivity index is 1.92. The highest BCUT2D eigenvalue weighted by Gasteiger charge is 2.39. The van der Waals surface area contributed by atoms with Crippen LogP contribution in [-0.2, 0) is 15.9 Å². The van der Waals surface area contributed by atoms with E-state index in [1.54, 1.807) is 18.2 Å². The van der Waals surface area contributed by atoms with Crippen molar-refractivity contribution in [2.24, 2.45) is 5.41 Å². The van der Waals surface area contributed by atoms with Crippen LogP contribution in [0.3, 0.4) is 0 Å².